The SMILES string of the molecule is Cc1cc(C(=O)NC(C)C)nc(N2CCN(C(=O)NCCC3CCN(Cc4ccccc4)CC3)[C@H](C)C2)n1. The predicted molar refractivity (Wildman–Crippen MR) is 150 cm³/mol. The third kappa shape index (κ3) is 7.66. The van der Waals surface area contributed by atoms with E-state index >= 15 is 0 Å². The van der Waals surface area contributed by atoms with Crippen molar-refractivity contribution >= 4 is 17.9 Å². The van der Waals surface area contributed by atoms with Gasteiger partial charge in [-0.1, -0.05) is 30.3 Å². The number of amides is 3. The lowest BCUT2D eigenvalue weighted by molar-refractivity contribution is 0.0938. The number of likely N-dealkylation sites (tertiary alicyclic amines) is 1. The molecule has 0 spiro atoms. The molecule has 2 aliphatic rings. The Morgan fingerprint density at radius 2 is 1.79 bits per heavy atom. The summed E-state index contributed by atoms with van der Waals surface area (Å²) in [6.45, 7) is 13.6. The van der Waals surface area contributed by atoms with E-state index < -0.39 is 0 Å². The van der Waals surface area contributed by atoms with E-state index in [1.54, 1.807) is 6.07 Å². The van der Waals surface area contributed by atoms with Gasteiger partial charge >= 0.3 is 6.03 Å². The van der Waals surface area contributed by atoms with Crippen molar-refractivity contribution in [1.29, 1.82) is 0 Å². The van der Waals surface area contributed by atoms with Crippen molar-refractivity contribution in [3.63, 3.8) is 0 Å². The van der Waals surface area contributed by atoms with Gasteiger partial charge in [0, 0.05) is 50.5 Å². The number of anilines is 1. The van der Waals surface area contributed by atoms with Crippen LogP contribution in [0.15, 0.2) is 36.4 Å². The molecule has 0 radical (unpaired) electrons. The van der Waals surface area contributed by atoms with Crippen LogP contribution < -0.4 is 15.5 Å². The summed E-state index contributed by atoms with van der Waals surface area (Å²) < 4.78 is 0. The molecule has 0 aliphatic carbocycles. The van der Waals surface area contributed by atoms with E-state index in [9.17, 15) is 9.59 Å². The molecule has 38 heavy (non-hydrogen) atoms. The number of piperazine rings is 1. The largest absolute Gasteiger partial charge is 0.349 e. The van der Waals surface area contributed by atoms with Crippen molar-refractivity contribution in [3.05, 3.63) is 53.3 Å². The van der Waals surface area contributed by atoms with Gasteiger partial charge < -0.3 is 20.4 Å². The average molecular weight is 522 g/mol. The molecule has 4 rings (SSSR count). The van der Waals surface area contributed by atoms with Crippen LogP contribution in [0.3, 0.4) is 0 Å². The minimum absolute atomic E-state index is 0.000763. The van der Waals surface area contributed by atoms with E-state index in [1.165, 1.54) is 18.4 Å². The van der Waals surface area contributed by atoms with Crippen LogP contribution in [0.2, 0.25) is 0 Å². The number of rotatable bonds is 8. The molecule has 9 heteroatoms. The Morgan fingerprint density at radius 1 is 1.05 bits per heavy atom. The van der Waals surface area contributed by atoms with Gasteiger partial charge in [0.25, 0.3) is 5.91 Å². The quantitative estimate of drug-likeness (QED) is 0.553. The zero-order chi connectivity index (χ0) is 27.1. The number of nitrogens with zero attached hydrogens (tertiary/aromatic N) is 5. The van der Waals surface area contributed by atoms with Crippen molar-refractivity contribution in [2.75, 3.05) is 44.2 Å². The third-order valence-corrected chi connectivity index (χ3v) is 7.45. The van der Waals surface area contributed by atoms with Crippen molar-refractivity contribution in [3.8, 4) is 0 Å². The lowest BCUT2D eigenvalue weighted by Crippen LogP contribution is -2.57. The minimum atomic E-state index is -0.195. The number of carbonyl (C=O) groups is 2. The molecule has 1 aromatic carbocycles. The lowest BCUT2D eigenvalue weighted by Gasteiger charge is -2.40. The van der Waals surface area contributed by atoms with E-state index in [-0.39, 0.29) is 24.0 Å². The molecule has 0 unspecified atom stereocenters. The molecular weight excluding hydrogens is 478 g/mol. The predicted octanol–water partition coefficient (Wildman–Crippen LogP) is 3.45. The van der Waals surface area contributed by atoms with Gasteiger partial charge in [-0.3, -0.25) is 9.69 Å². The topological polar surface area (TPSA) is 93.7 Å². The first-order valence-electron chi connectivity index (χ1n) is 14.0. The van der Waals surface area contributed by atoms with Crippen molar-refractivity contribution < 1.29 is 9.59 Å². The number of urea groups is 1. The summed E-state index contributed by atoms with van der Waals surface area (Å²) in [7, 11) is 0. The van der Waals surface area contributed by atoms with Crippen LogP contribution >= 0.6 is 0 Å². The zero-order valence-electron chi connectivity index (χ0n) is 23.3. The third-order valence-electron chi connectivity index (χ3n) is 7.45. The molecule has 2 aromatic rings. The first-order valence-corrected chi connectivity index (χ1v) is 14.0. The number of carbonyl (C=O) groups excluding carboxylic acids is 2. The van der Waals surface area contributed by atoms with Gasteiger partial charge in [0.2, 0.25) is 5.95 Å². The van der Waals surface area contributed by atoms with Gasteiger partial charge in [0.05, 0.1) is 0 Å². The van der Waals surface area contributed by atoms with E-state index in [2.05, 4.69) is 67.7 Å². The normalized spacial score (nSPS) is 19.0. The maximum atomic E-state index is 13.0. The maximum Gasteiger partial charge on any atom is 0.317 e. The van der Waals surface area contributed by atoms with Gasteiger partial charge in [-0.2, -0.15) is 0 Å². The molecule has 1 aromatic heterocycles. The van der Waals surface area contributed by atoms with E-state index in [4.69, 9.17) is 0 Å². The summed E-state index contributed by atoms with van der Waals surface area (Å²) in [5.74, 6) is 1.02. The minimum Gasteiger partial charge on any atom is -0.349 e. The van der Waals surface area contributed by atoms with Crippen LogP contribution in [-0.4, -0.2) is 83.1 Å². The van der Waals surface area contributed by atoms with Gasteiger partial charge in [-0.25, -0.2) is 14.8 Å². The fourth-order valence-corrected chi connectivity index (χ4v) is 5.35. The Bertz CT molecular complexity index is 1070. The smallest absolute Gasteiger partial charge is 0.317 e. The van der Waals surface area contributed by atoms with Crippen LogP contribution in [0.5, 0.6) is 0 Å². The Morgan fingerprint density at radius 3 is 2.47 bits per heavy atom. The van der Waals surface area contributed by atoms with Gasteiger partial charge in [0.1, 0.15) is 5.69 Å². The summed E-state index contributed by atoms with van der Waals surface area (Å²) >= 11 is 0. The van der Waals surface area contributed by atoms with Crippen LogP contribution in [0, 0.1) is 12.8 Å². The number of nitrogens with one attached hydrogen (secondary N) is 2. The Balaban J connectivity index is 1.20. The molecule has 3 amide bonds. The molecule has 9 nitrogen and oxygen atoms in total. The van der Waals surface area contributed by atoms with E-state index in [1.807, 2.05) is 25.7 Å². The fourth-order valence-electron chi connectivity index (χ4n) is 5.35. The Hall–Kier alpha value is -3.20. The Labute approximate surface area is 227 Å². The van der Waals surface area contributed by atoms with Crippen LogP contribution in [0.4, 0.5) is 10.7 Å². The fraction of sp³-hybridized carbons (Fsp3) is 0.586. The molecular formula is C29H43N7O2. The van der Waals surface area contributed by atoms with Gasteiger partial charge in [-0.15, -0.1) is 0 Å². The number of hydrogen-bond acceptors (Lipinski definition) is 6. The summed E-state index contributed by atoms with van der Waals surface area (Å²) in [6.07, 6.45) is 3.40. The summed E-state index contributed by atoms with van der Waals surface area (Å²) in [6, 6.07) is 12.4. The highest BCUT2D eigenvalue weighted by atomic mass is 16.2. The number of hydrogen-bond donors (Lipinski definition) is 2. The highest BCUT2D eigenvalue weighted by molar-refractivity contribution is 5.92. The molecule has 206 valence electrons. The molecule has 0 bridgehead atoms. The van der Waals surface area contributed by atoms with Crippen molar-refractivity contribution in [1.82, 2.24) is 30.4 Å². The van der Waals surface area contributed by atoms with E-state index in [0.717, 1.165) is 31.7 Å². The first kappa shape index (κ1) is 27.8. The molecule has 3 heterocycles. The molecule has 2 fully saturated rings. The molecule has 1 atom stereocenters. The van der Waals surface area contributed by atoms with Crippen molar-refractivity contribution in [2.45, 2.75) is 65.6 Å². The number of benzene rings is 1. The highest BCUT2D eigenvalue weighted by Crippen LogP contribution is 2.22. The second kappa shape index (κ2) is 13.0. The number of piperidine rings is 1. The standard InChI is InChI=1S/C29H43N7O2/c1-21(2)31-27(37)26-18-22(3)32-28(33-26)35-16-17-36(23(4)19-35)29(38)30-13-10-24-11-14-34(15-12-24)20-25-8-6-5-7-9-25/h5-9,18,21,23-24H,10-17,19-20H2,1-4H3,(H,30,38)(H,31,37)/t23-/m1/s1. The average Bonchev–Trinajstić information content (AvgIpc) is 2.89. The van der Waals surface area contributed by atoms with E-state index in [0.29, 0.717) is 43.7 Å². The summed E-state index contributed by atoms with van der Waals surface area (Å²) in [4.78, 5) is 41.0. The van der Waals surface area contributed by atoms with Crippen LogP contribution in [0.1, 0.15) is 61.8 Å². The molecule has 2 saturated heterocycles. The number of aryl methyl sites for hydroxylation is 1. The van der Waals surface area contributed by atoms with Crippen LogP contribution in [-0.2, 0) is 6.54 Å². The highest BCUT2D eigenvalue weighted by Gasteiger charge is 2.29. The first-order chi connectivity index (χ1) is 18.3. The van der Waals surface area contributed by atoms with Gasteiger partial charge in [0.15, 0.2) is 0 Å². The monoisotopic (exact) mass is 521 g/mol. The molecule has 0 saturated carbocycles. The second-order valence-corrected chi connectivity index (χ2v) is 11.0. The van der Waals surface area contributed by atoms with Gasteiger partial charge in [-0.05, 0) is 77.6 Å². The molecule has 2 N–H and O–H groups in total. The number of aromatic nitrogens is 2. The Kier molecular flexibility index (Phi) is 9.55. The van der Waals surface area contributed by atoms with Crippen molar-refractivity contribution in [2.24, 2.45) is 5.92 Å². The molecule has 2 aliphatic heterocycles. The summed E-state index contributed by atoms with van der Waals surface area (Å²) in [5.41, 5.74) is 2.50. The summed E-state index contributed by atoms with van der Waals surface area (Å²) in [5, 5.41) is 6.05. The lowest BCUT2D eigenvalue weighted by atomic mass is 9.93. The second-order valence-electron chi connectivity index (χ2n) is 11.0. The zero-order valence-corrected chi connectivity index (χ0v) is 23.3. The maximum absolute atomic E-state index is 13.0. The van der Waals surface area contributed by atoms with Crippen LogP contribution in [0.25, 0.3) is 0 Å².